The first-order valence-electron chi connectivity index (χ1n) is 10.7. The van der Waals surface area contributed by atoms with Gasteiger partial charge >= 0.3 is 0 Å². The third-order valence-corrected chi connectivity index (χ3v) is 6.80. The Morgan fingerprint density at radius 2 is 1.97 bits per heavy atom. The van der Waals surface area contributed by atoms with Gasteiger partial charge in [-0.05, 0) is 55.2 Å². The molecule has 1 amide bonds. The standard InChI is InChI=1S/C24H28FN3O2S/c1-17-4-5-19(14-18(17)2)15-23(29)28(9-3-8-27-10-12-30-13-11-27)24-26-21-7-6-20(25)16-22(21)31-24/h4-7,14,16H,3,8-13,15H2,1-2H3. The zero-order valence-corrected chi connectivity index (χ0v) is 18.9. The number of carbonyl (C=O) groups excluding carboxylic acids is 1. The normalized spacial score (nSPS) is 14.8. The quantitative estimate of drug-likeness (QED) is 0.547. The second kappa shape index (κ2) is 9.85. The van der Waals surface area contributed by atoms with Crippen molar-refractivity contribution in [2.75, 3.05) is 44.3 Å². The summed E-state index contributed by atoms with van der Waals surface area (Å²) in [5, 5.41) is 0.636. The number of amides is 1. The van der Waals surface area contributed by atoms with Crippen LogP contribution >= 0.6 is 11.3 Å². The number of anilines is 1. The molecule has 0 bridgehead atoms. The molecule has 2 heterocycles. The van der Waals surface area contributed by atoms with Crippen molar-refractivity contribution in [3.05, 3.63) is 58.9 Å². The molecule has 0 saturated carbocycles. The molecule has 0 atom stereocenters. The van der Waals surface area contributed by atoms with Gasteiger partial charge in [-0.25, -0.2) is 9.37 Å². The van der Waals surface area contributed by atoms with Crippen molar-refractivity contribution >= 4 is 32.6 Å². The lowest BCUT2D eigenvalue weighted by Gasteiger charge is -2.27. The van der Waals surface area contributed by atoms with Crippen LogP contribution in [0.1, 0.15) is 23.1 Å². The Kier molecular flexibility index (Phi) is 6.95. The van der Waals surface area contributed by atoms with Crippen LogP contribution in [0.25, 0.3) is 10.2 Å². The van der Waals surface area contributed by atoms with E-state index in [0.717, 1.165) is 55.0 Å². The summed E-state index contributed by atoms with van der Waals surface area (Å²) >= 11 is 1.37. The topological polar surface area (TPSA) is 45.7 Å². The van der Waals surface area contributed by atoms with E-state index < -0.39 is 0 Å². The zero-order chi connectivity index (χ0) is 21.8. The van der Waals surface area contributed by atoms with Crippen LogP contribution in [0.4, 0.5) is 9.52 Å². The first-order chi connectivity index (χ1) is 15.0. The van der Waals surface area contributed by atoms with Gasteiger partial charge in [0.15, 0.2) is 5.13 Å². The Morgan fingerprint density at radius 3 is 2.74 bits per heavy atom. The fraction of sp³-hybridized carbons (Fsp3) is 0.417. The number of carbonyl (C=O) groups is 1. The molecular weight excluding hydrogens is 413 g/mol. The molecule has 0 spiro atoms. The summed E-state index contributed by atoms with van der Waals surface area (Å²) in [6.45, 7) is 9.01. The first-order valence-corrected chi connectivity index (χ1v) is 11.5. The van der Waals surface area contributed by atoms with Crippen molar-refractivity contribution in [2.24, 2.45) is 0 Å². The summed E-state index contributed by atoms with van der Waals surface area (Å²) in [5.74, 6) is -0.271. The predicted octanol–water partition coefficient (Wildman–Crippen LogP) is 4.35. The molecule has 5 nitrogen and oxygen atoms in total. The molecule has 0 unspecified atom stereocenters. The molecular formula is C24H28FN3O2S. The van der Waals surface area contributed by atoms with Crippen molar-refractivity contribution in [3.63, 3.8) is 0 Å². The minimum Gasteiger partial charge on any atom is -0.379 e. The number of hydrogen-bond donors (Lipinski definition) is 0. The number of rotatable bonds is 7. The minimum absolute atomic E-state index is 0.0183. The number of thiazole rings is 1. The monoisotopic (exact) mass is 441 g/mol. The summed E-state index contributed by atoms with van der Waals surface area (Å²) in [6.07, 6.45) is 1.17. The molecule has 4 rings (SSSR count). The highest BCUT2D eigenvalue weighted by molar-refractivity contribution is 7.22. The van der Waals surface area contributed by atoms with Gasteiger partial charge in [0.1, 0.15) is 5.82 Å². The van der Waals surface area contributed by atoms with Crippen molar-refractivity contribution < 1.29 is 13.9 Å². The Morgan fingerprint density at radius 1 is 1.16 bits per heavy atom. The smallest absolute Gasteiger partial charge is 0.233 e. The minimum atomic E-state index is -0.289. The van der Waals surface area contributed by atoms with Gasteiger partial charge < -0.3 is 4.74 Å². The van der Waals surface area contributed by atoms with Gasteiger partial charge in [0, 0.05) is 26.2 Å². The molecule has 1 saturated heterocycles. The Bertz CT molecular complexity index is 1060. The number of ether oxygens (including phenoxy) is 1. The van der Waals surface area contributed by atoms with Crippen molar-refractivity contribution in [1.29, 1.82) is 0 Å². The second-order valence-electron chi connectivity index (χ2n) is 8.06. The first kappa shape index (κ1) is 21.9. The summed E-state index contributed by atoms with van der Waals surface area (Å²) in [6, 6.07) is 10.7. The van der Waals surface area contributed by atoms with Crippen LogP contribution in [0, 0.1) is 19.7 Å². The highest BCUT2D eigenvalue weighted by atomic mass is 32.1. The van der Waals surface area contributed by atoms with Crippen LogP contribution in [-0.4, -0.2) is 55.2 Å². The number of nitrogens with zero attached hydrogens (tertiary/aromatic N) is 3. The van der Waals surface area contributed by atoms with Gasteiger partial charge in [-0.2, -0.15) is 0 Å². The van der Waals surface area contributed by atoms with E-state index in [0.29, 0.717) is 18.1 Å². The molecule has 1 aromatic heterocycles. The highest BCUT2D eigenvalue weighted by Gasteiger charge is 2.21. The van der Waals surface area contributed by atoms with E-state index in [9.17, 15) is 9.18 Å². The van der Waals surface area contributed by atoms with E-state index >= 15 is 0 Å². The number of halogens is 1. The molecule has 0 radical (unpaired) electrons. The highest BCUT2D eigenvalue weighted by Crippen LogP contribution is 2.30. The van der Waals surface area contributed by atoms with E-state index in [1.807, 2.05) is 6.07 Å². The molecule has 0 aliphatic carbocycles. The summed E-state index contributed by atoms with van der Waals surface area (Å²) in [4.78, 5) is 22.1. The second-order valence-corrected chi connectivity index (χ2v) is 9.07. The SMILES string of the molecule is Cc1ccc(CC(=O)N(CCCN2CCOCC2)c2nc3ccc(F)cc3s2)cc1C. The maximum atomic E-state index is 13.7. The number of fused-ring (bicyclic) bond motifs is 1. The Balaban J connectivity index is 1.52. The van der Waals surface area contributed by atoms with Crippen LogP contribution in [0.2, 0.25) is 0 Å². The van der Waals surface area contributed by atoms with Gasteiger partial charge in [-0.3, -0.25) is 14.6 Å². The molecule has 0 N–H and O–H groups in total. The molecule has 1 fully saturated rings. The molecule has 7 heteroatoms. The maximum absolute atomic E-state index is 13.7. The van der Waals surface area contributed by atoms with Gasteiger partial charge in [0.2, 0.25) is 5.91 Å². The lowest BCUT2D eigenvalue weighted by atomic mass is 10.0. The Hall–Kier alpha value is -2.35. The number of benzene rings is 2. The van der Waals surface area contributed by atoms with E-state index in [2.05, 4.69) is 35.9 Å². The van der Waals surface area contributed by atoms with Crippen LogP contribution in [0.3, 0.4) is 0 Å². The number of aryl methyl sites for hydroxylation is 2. The van der Waals surface area contributed by atoms with Crippen LogP contribution < -0.4 is 4.90 Å². The van der Waals surface area contributed by atoms with Crippen LogP contribution in [0.5, 0.6) is 0 Å². The number of morpholine rings is 1. The van der Waals surface area contributed by atoms with E-state index in [1.54, 1.807) is 11.0 Å². The van der Waals surface area contributed by atoms with Gasteiger partial charge in [0.05, 0.1) is 29.9 Å². The van der Waals surface area contributed by atoms with Gasteiger partial charge in [-0.15, -0.1) is 0 Å². The summed E-state index contributed by atoms with van der Waals surface area (Å²) in [5.41, 5.74) is 4.11. The maximum Gasteiger partial charge on any atom is 0.233 e. The van der Waals surface area contributed by atoms with Crippen LogP contribution in [0.15, 0.2) is 36.4 Å². The zero-order valence-electron chi connectivity index (χ0n) is 18.1. The molecule has 3 aromatic rings. The summed E-state index contributed by atoms with van der Waals surface area (Å²) in [7, 11) is 0. The largest absolute Gasteiger partial charge is 0.379 e. The third kappa shape index (κ3) is 5.47. The van der Waals surface area contributed by atoms with Gasteiger partial charge in [0.25, 0.3) is 0 Å². The lowest BCUT2D eigenvalue weighted by molar-refractivity contribution is -0.118. The molecule has 1 aliphatic heterocycles. The van der Waals surface area contributed by atoms with Gasteiger partial charge in [-0.1, -0.05) is 29.5 Å². The average Bonchev–Trinajstić information content (AvgIpc) is 3.17. The molecule has 2 aromatic carbocycles. The van der Waals surface area contributed by atoms with Crippen LogP contribution in [-0.2, 0) is 16.0 Å². The van der Waals surface area contributed by atoms with E-state index in [-0.39, 0.29) is 11.7 Å². The van der Waals surface area contributed by atoms with Crippen molar-refractivity contribution in [3.8, 4) is 0 Å². The van der Waals surface area contributed by atoms with Crippen molar-refractivity contribution in [1.82, 2.24) is 9.88 Å². The fourth-order valence-corrected chi connectivity index (χ4v) is 4.82. The number of aromatic nitrogens is 1. The van der Waals surface area contributed by atoms with E-state index in [4.69, 9.17) is 4.74 Å². The van der Waals surface area contributed by atoms with E-state index in [1.165, 1.54) is 34.6 Å². The average molecular weight is 442 g/mol. The fourth-order valence-electron chi connectivity index (χ4n) is 3.79. The Labute approximate surface area is 186 Å². The predicted molar refractivity (Wildman–Crippen MR) is 123 cm³/mol. The third-order valence-electron chi connectivity index (χ3n) is 5.76. The lowest BCUT2D eigenvalue weighted by Crippen LogP contribution is -2.39. The number of hydrogen-bond acceptors (Lipinski definition) is 5. The molecule has 31 heavy (non-hydrogen) atoms. The molecule has 1 aliphatic rings. The summed E-state index contributed by atoms with van der Waals surface area (Å²) < 4.78 is 19.8. The van der Waals surface area contributed by atoms with Crippen molar-refractivity contribution in [2.45, 2.75) is 26.7 Å². The molecule has 164 valence electrons.